The standard InChI is InChI=1S/C14H18BrN3OS/c1-9(2)7-16-8-13-17-18-14(20-13)11-5-4-10(15)6-12(11)19-3/h4-6,9,16H,7-8H2,1-3H3. The van der Waals surface area contributed by atoms with Crippen LogP contribution in [0.4, 0.5) is 0 Å². The van der Waals surface area contributed by atoms with Crippen LogP contribution in [0.5, 0.6) is 5.75 Å². The molecule has 0 saturated carbocycles. The zero-order valence-corrected chi connectivity index (χ0v) is 14.2. The molecule has 0 fully saturated rings. The van der Waals surface area contributed by atoms with E-state index in [1.54, 1.807) is 18.4 Å². The smallest absolute Gasteiger partial charge is 0.151 e. The number of methoxy groups -OCH3 is 1. The van der Waals surface area contributed by atoms with E-state index < -0.39 is 0 Å². The maximum atomic E-state index is 5.40. The van der Waals surface area contributed by atoms with Crippen molar-refractivity contribution in [3.8, 4) is 16.3 Å². The van der Waals surface area contributed by atoms with Crippen molar-refractivity contribution in [1.29, 1.82) is 0 Å². The summed E-state index contributed by atoms with van der Waals surface area (Å²) in [6.07, 6.45) is 0. The van der Waals surface area contributed by atoms with Gasteiger partial charge in [0.2, 0.25) is 0 Å². The molecule has 0 unspecified atom stereocenters. The monoisotopic (exact) mass is 355 g/mol. The van der Waals surface area contributed by atoms with Gasteiger partial charge in [0.1, 0.15) is 10.8 Å². The Morgan fingerprint density at radius 3 is 2.85 bits per heavy atom. The van der Waals surface area contributed by atoms with Crippen molar-refractivity contribution in [2.24, 2.45) is 5.92 Å². The summed E-state index contributed by atoms with van der Waals surface area (Å²) in [7, 11) is 1.66. The molecule has 1 heterocycles. The highest BCUT2D eigenvalue weighted by molar-refractivity contribution is 9.10. The lowest BCUT2D eigenvalue weighted by atomic mass is 10.2. The summed E-state index contributed by atoms with van der Waals surface area (Å²) in [5.74, 6) is 1.44. The highest BCUT2D eigenvalue weighted by Gasteiger charge is 2.12. The maximum absolute atomic E-state index is 5.40. The molecule has 1 N–H and O–H groups in total. The van der Waals surface area contributed by atoms with Gasteiger partial charge in [-0.25, -0.2) is 0 Å². The lowest BCUT2D eigenvalue weighted by Gasteiger charge is -2.05. The van der Waals surface area contributed by atoms with Crippen molar-refractivity contribution in [3.63, 3.8) is 0 Å². The third-order valence-corrected chi connectivity index (χ3v) is 4.14. The Kier molecular flexibility index (Phi) is 5.51. The van der Waals surface area contributed by atoms with E-state index in [0.717, 1.165) is 38.9 Å². The van der Waals surface area contributed by atoms with Crippen LogP contribution in [0.25, 0.3) is 10.6 Å². The number of nitrogens with one attached hydrogen (secondary N) is 1. The summed E-state index contributed by atoms with van der Waals surface area (Å²) in [6, 6.07) is 5.91. The molecule has 0 radical (unpaired) electrons. The van der Waals surface area contributed by atoms with E-state index in [1.807, 2.05) is 18.2 Å². The lowest BCUT2D eigenvalue weighted by molar-refractivity contribution is 0.416. The Labute approximate surface area is 131 Å². The van der Waals surface area contributed by atoms with E-state index in [9.17, 15) is 0 Å². The van der Waals surface area contributed by atoms with E-state index in [4.69, 9.17) is 4.74 Å². The van der Waals surface area contributed by atoms with Crippen molar-refractivity contribution >= 4 is 27.3 Å². The first kappa shape index (κ1) is 15.4. The van der Waals surface area contributed by atoms with Crippen LogP contribution in [0.1, 0.15) is 18.9 Å². The number of ether oxygens (including phenoxy) is 1. The number of hydrogen-bond acceptors (Lipinski definition) is 5. The van der Waals surface area contributed by atoms with E-state index in [-0.39, 0.29) is 0 Å². The van der Waals surface area contributed by atoms with Crippen LogP contribution >= 0.6 is 27.3 Å². The average Bonchev–Trinajstić information content (AvgIpc) is 2.86. The third-order valence-electron chi connectivity index (χ3n) is 2.69. The van der Waals surface area contributed by atoms with Gasteiger partial charge >= 0.3 is 0 Å². The van der Waals surface area contributed by atoms with Crippen LogP contribution < -0.4 is 10.1 Å². The Bertz CT molecular complexity index is 571. The van der Waals surface area contributed by atoms with Crippen LogP contribution in [-0.4, -0.2) is 23.9 Å². The molecule has 0 amide bonds. The van der Waals surface area contributed by atoms with Gasteiger partial charge in [-0.15, -0.1) is 10.2 Å². The van der Waals surface area contributed by atoms with E-state index in [1.165, 1.54) is 0 Å². The quantitative estimate of drug-likeness (QED) is 0.857. The predicted octanol–water partition coefficient (Wildman–Crippen LogP) is 3.72. The molecular weight excluding hydrogens is 338 g/mol. The Balaban J connectivity index is 2.12. The summed E-state index contributed by atoms with van der Waals surface area (Å²) in [6.45, 7) is 6.11. The van der Waals surface area contributed by atoms with Gasteiger partial charge in [-0.2, -0.15) is 0 Å². The van der Waals surface area contributed by atoms with Crippen molar-refractivity contribution < 1.29 is 4.74 Å². The van der Waals surface area contributed by atoms with Gasteiger partial charge in [-0.05, 0) is 30.7 Å². The van der Waals surface area contributed by atoms with E-state index in [2.05, 4.69) is 45.3 Å². The van der Waals surface area contributed by atoms with Crippen molar-refractivity contribution in [1.82, 2.24) is 15.5 Å². The van der Waals surface area contributed by atoms with Crippen LogP contribution in [0.3, 0.4) is 0 Å². The molecule has 0 atom stereocenters. The molecule has 2 rings (SSSR count). The molecule has 1 aromatic heterocycles. The molecule has 0 aliphatic heterocycles. The third kappa shape index (κ3) is 4.01. The highest BCUT2D eigenvalue weighted by atomic mass is 79.9. The minimum Gasteiger partial charge on any atom is -0.496 e. The molecule has 4 nitrogen and oxygen atoms in total. The van der Waals surface area contributed by atoms with Gasteiger partial charge in [-0.3, -0.25) is 0 Å². The van der Waals surface area contributed by atoms with Gasteiger partial charge in [0.15, 0.2) is 5.01 Å². The van der Waals surface area contributed by atoms with Gasteiger partial charge in [0.25, 0.3) is 0 Å². The van der Waals surface area contributed by atoms with Crippen LogP contribution in [0.2, 0.25) is 0 Å². The van der Waals surface area contributed by atoms with Crippen molar-refractivity contribution in [3.05, 3.63) is 27.7 Å². The molecule has 20 heavy (non-hydrogen) atoms. The number of benzene rings is 1. The molecule has 108 valence electrons. The van der Waals surface area contributed by atoms with Crippen molar-refractivity contribution in [2.45, 2.75) is 20.4 Å². The maximum Gasteiger partial charge on any atom is 0.151 e. The summed E-state index contributed by atoms with van der Waals surface area (Å²) >= 11 is 5.03. The Morgan fingerprint density at radius 1 is 1.35 bits per heavy atom. The topological polar surface area (TPSA) is 47.0 Å². The fraction of sp³-hybridized carbons (Fsp3) is 0.429. The van der Waals surface area contributed by atoms with Crippen molar-refractivity contribution in [2.75, 3.05) is 13.7 Å². The molecule has 0 aliphatic carbocycles. The minimum absolute atomic E-state index is 0.633. The summed E-state index contributed by atoms with van der Waals surface area (Å²) in [5, 5.41) is 13.7. The number of hydrogen-bond donors (Lipinski definition) is 1. The van der Waals surface area contributed by atoms with Gasteiger partial charge < -0.3 is 10.1 Å². The second-order valence-corrected chi connectivity index (χ2v) is 6.85. The summed E-state index contributed by atoms with van der Waals surface area (Å²) in [5.41, 5.74) is 0.975. The van der Waals surface area contributed by atoms with Crippen LogP contribution in [0, 0.1) is 5.92 Å². The Morgan fingerprint density at radius 2 is 2.15 bits per heavy atom. The predicted molar refractivity (Wildman–Crippen MR) is 86.1 cm³/mol. The summed E-state index contributed by atoms with van der Waals surface area (Å²) in [4.78, 5) is 0. The first-order chi connectivity index (χ1) is 9.60. The molecule has 1 aromatic carbocycles. The first-order valence-corrected chi connectivity index (χ1v) is 8.08. The number of aromatic nitrogens is 2. The molecule has 2 aromatic rings. The second kappa shape index (κ2) is 7.15. The fourth-order valence-electron chi connectivity index (χ4n) is 1.74. The van der Waals surface area contributed by atoms with Gasteiger partial charge in [0, 0.05) is 11.0 Å². The number of nitrogens with zero attached hydrogens (tertiary/aromatic N) is 2. The lowest BCUT2D eigenvalue weighted by Crippen LogP contribution is -2.18. The molecule has 0 bridgehead atoms. The molecule has 0 spiro atoms. The summed E-state index contributed by atoms with van der Waals surface area (Å²) < 4.78 is 6.38. The molecule has 0 aliphatic rings. The number of rotatable bonds is 6. The fourth-order valence-corrected chi connectivity index (χ4v) is 2.92. The normalized spacial score (nSPS) is 11.1. The second-order valence-electron chi connectivity index (χ2n) is 4.87. The molecular formula is C14H18BrN3OS. The SMILES string of the molecule is COc1cc(Br)ccc1-c1nnc(CNCC(C)C)s1. The largest absolute Gasteiger partial charge is 0.496 e. The van der Waals surface area contributed by atoms with Gasteiger partial charge in [-0.1, -0.05) is 41.1 Å². The van der Waals surface area contributed by atoms with E-state index in [0.29, 0.717) is 5.92 Å². The number of halogens is 1. The molecule has 6 heteroatoms. The van der Waals surface area contributed by atoms with E-state index >= 15 is 0 Å². The highest BCUT2D eigenvalue weighted by Crippen LogP contribution is 2.34. The first-order valence-electron chi connectivity index (χ1n) is 6.47. The van der Waals surface area contributed by atoms with Crippen LogP contribution in [0.15, 0.2) is 22.7 Å². The Hall–Kier alpha value is -0.980. The average molecular weight is 356 g/mol. The zero-order valence-electron chi connectivity index (χ0n) is 11.8. The van der Waals surface area contributed by atoms with Crippen LogP contribution in [-0.2, 0) is 6.54 Å². The van der Waals surface area contributed by atoms with Gasteiger partial charge in [0.05, 0.1) is 12.7 Å². The molecule has 0 saturated heterocycles. The minimum atomic E-state index is 0.633. The zero-order chi connectivity index (χ0) is 14.5.